The summed E-state index contributed by atoms with van der Waals surface area (Å²) in [6, 6.07) is 9.69. The maximum Gasteiger partial charge on any atom is 0.0263 e. The fourth-order valence-electron chi connectivity index (χ4n) is 3.43. The van der Waals surface area contributed by atoms with E-state index >= 15 is 0 Å². The molecule has 0 saturated carbocycles. The number of nitrogens with zero attached hydrogens (tertiary/aromatic N) is 1. The molecule has 20 heavy (non-hydrogen) atoms. The van der Waals surface area contributed by atoms with Gasteiger partial charge in [-0.2, -0.15) is 0 Å². The molecular weight excluding hydrogens is 264 g/mol. The number of nitrogens with one attached hydrogen (secondary N) is 1. The summed E-state index contributed by atoms with van der Waals surface area (Å²) in [5.41, 5.74) is 1.56. The summed E-state index contributed by atoms with van der Waals surface area (Å²) in [6.45, 7) is 7.14. The summed E-state index contributed by atoms with van der Waals surface area (Å²) in [7, 11) is 0. The molecule has 3 rings (SSSR count). The van der Waals surface area contributed by atoms with Crippen molar-refractivity contribution in [1.29, 1.82) is 0 Å². The zero-order valence-corrected chi connectivity index (χ0v) is 13.3. The smallest absolute Gasteiger partial charge is 0.0263 e. The van der Waals surface area contributed by atoms with Crippen molar-refractivity contribution in [3.05, 3.63) is 29.8 Å². The first-order valence-electron chi connectivity index (χ1n) is 8.06. The summed E-state index contributed by atoms with van der Waals surface area (Å²) in [6.07, 6.45) is 5.25. The highest BCUT2D eigenvalue weighted by atomic mass is 32.2. The quantitative estimate of drug-likeness (QED) is 0.810. The van der Waals surface area contributed by atoms with Crippen LogP contribution in [0, 0.1) is 0 Å². The van der Waals surface area contributed by atoms with Gasteiger partial charge in [0.15, 0.2) is 0 Å². The van der Waals surface area contributed by atoms with Crippen LogP contribution < -0.4 is 5.32 Å². The molecule has 2 atom stereocenters. The highest BCUT2D eigenvalue weighted by molar-refractivity contribution is 8.00. The minimum absolute atomic E-state index is 0.763. The fraction of sp³-hybridized carbons (Fsp3) is 0.647. The molecule has 1 N–H and O–H groups in total. The van der Waals surface area contributed by atoms with Crippen molar-refractivity contribution in [2.45, 2.75) is 48.8 Å². The van der Waals surface area contributed by atoms with Crippen LogP contribution in [0.2, 0.25) is 0 Å². The normalized spacial score (nSPS) is 26.1. The predicted octanol–water partition coefficient (Wildman–Crippen LogP) is 3.17. The van der Waals surface area contributed by atoms with Crippen LogP contribution in [0.25, 0.3) is 0 Å². The van der Waals surface area contributed by atoms with Crippen LogP contribution in [0.4, 0.5) is 0 Å². The van der Waals surface area contributed by atoms with Crippen molar-refractivity contribution in [1.82, 2.24) is 10.2 Å². The second-order valence-electron chi connectivity index (χ2n) is 6.05. The molecule has 2 aliphatic rings. The summed E-state index contributed by atoms with van der Waals surface area (Å²) in [5, 5.41) is 4.36. The molecule has 110 valence electrons. The molecule has 0 radical (unpaired) electrons. The lowest BCUT2D eigenvalue weighted by atomic mass is 10.1. The second-order valence-corrected chi connectivity index (χ2v) is 7.39. The molecule has 1 saturated heterocycles. The molecule has 1 fully saturated rings. The van der Waals surface area contributed by atoms with Gasteiger partial charge in [-0.3, -0.25) is 4.90 Å². The van der Waals surface area contributed by atoms with E-state index in [1.807, 2.05) is 0 Å². The maximum atomic E-state index is 3.60. The molecule has 0 spiro atoms. The average molecular weight is 290 g/mol. The van der Waals surface area contributed by atoms with Crippen molar-refractivity contribution >= 4 is 11.8 Å². The van der Waals surface area contributed by atoms with Crippen LogP contribution in [-0.4, -0.2) is 42.4 Å². The van der Waals surface area contributed by atoms with Gasteiger partial charge in [-0.25, -0.2) is 0 Å². The third-order valence-electron chi connectivity index (χ3n) is 4.46. The summed E-state index contributed by atoms with van der Waals surface area (Å²) in [5.74, 6) is 0. The molecule has 2 nitrogen and oxygen atoms in total. The van der Waals surface area contributed by atoms with E-state index in [2.05, 4.69) is 53.2 Å². The van der Waals surface area contributed by atoms with Crippen molar-refractivity contribution in [3.8, 4) is 0 Å². The van der Waals surface area contributed by atoms with Gasteiger partial charge in [0.25, 0.3) is 0 Å². The molecule has 2 aliphatic heterocycles. The first-order valence-corrected chi connectivity index (χ1v) is 8.94. The molecule has 0 amide bonds. The van der Waals surface area contributed by atoms with Crippen LogP contribution in [0.15, 0.2) is 29.2 Å². The van der Waals surface area contributed by atoms with Gasteiger partial charge in [-0.15, -0.1) is 11.8 Å². The highest BCUT2D eigenvalue weighted by Gasteiger charge is 2.29. The molecule has 3 heteroatoms. The van der Waals surface area contributed by atoms with E-state index in [1.165, 1.54) is 50.2 Å². The third kappa shape index (κ3) is 3.38. The Hall–Kier alpha value is -0.510. The number of rotatable bonds is 6. The Morgan fingerprint density at radius 2 is 2.25 bits per heavy atom. The van der Waals surface area contributed by atoms with Gasteiger partial charge < -0.3 is 5.32 Å². The van der Waals surface area contributed by atoms with Crippen LogP contribution in [0.1, 0.15) is 31.7 Å². The SMILES string of the molecule is CCCNCC1CCCN1CC1Cc2ccccc2S1. The lowest BCUT2D eigenvalue weighted by Gasteiger charge is -2.27. The van der Waals surface area contributed by atoms with Gasteiger partial charge in [0.05, 0.1) is 0 Å². The zero-order valence-electron chi connectivity index (χ0n) is 12.5. The van der Waals surface area contributed by atoms with Crippen molar-refractivity contribution in [2.24, 2.45) is 0 Å². The Bertz CT molecular complexity index is 410. The van der Waals surface area contributed by atoms with Crippen molar-refractivity contribution in [2.75, 3.05) is 26.2 Å². The van der Waals surface area contributed by atoms with Gasteiger partial charge in [-0.1, -0.05) is 25.1 Å². The first-order chi connectivity index (χ1) is 9.86. The molecule has 0 bridgehead atoms. The first kappa shape index (κ1) is 14.4. The number of fused-ring (bicyclic) bond motifs is 1. The van der Waals surface area contributed by atoms with E-state index in [-0.39, 0.29) is 0 Å². The van der Waals surface area contributed by atoms with E-state index in [0.29, 0.717) is 0 Å². The van der Waals surface area contributed by atoms with E-state index in [1.54, 1.807) is 5.56 Å². The summed E-state index contributed by atoms with van der Waals surface area (Å²) < 4.78 is 0. The molecule has 1 aromatic rings. The van der Waals surface area contributed by atoms with E-state index in [9.17, 15) is 0 Å². The Kier molecular flexibility index (Phi) is 5.03. The number of hydrogen-bond acceptors (Lipinski definition) is 3. The minimum Gasteiger partial charge on any atom is -0.315 e. The van der Waals surface area contributed by atoms with Crippen molar-refractivity contribution < 1.29 is 0 Å². The van der Waals surface area contributed by atoms with Crippen LogP contribution >= 0.6 is 11.8 Å². The van der Waals surface area contributed by atoms with Crippen LogP contribution in [0.5, 0.6) is 0 Å². The number of benzene rings is 1. The van der Waals surface area contributed by atoms with Crippen LogP contribution in [0.3, 0.4) is 0 Å². The second kappa shape index (κ2) is 6.97. The third-order valence-corrected chi connectivity index (χ3v) is 5.76. The number of likely N-dealkylation sites (tertiary alicyclic amines) is 1. The highest BCUT2D eigenvalue weighted by Crippen LogP contribution is 2.37. The summed E-state index contributed by atoms with van der Waals surface area (Å²) >= 11 is 2.09. The van der Waals surface area contributed by atoms with E-state index in [0.717, 1.165) is 17.8 Å². The van der Waals surface area contributed by atoms with E-state index in [4.69, 9.17) is 0 Å². The molecule has 2 unspecified atom stereocenters. The molecular formula is C17H26N2S. The maximum absolute atomic E-state index is 3.60. The lowest BCUT2D eigenvalue weighted by molar-refractivity contribution is 0.248. The number of thioether (sulfide) groups is 1. The Morgan fingerprint density at radius 1 is 1.35 bits per heavy atom. The number of hydrogen-bond donors (Lipinski definition) is 1. The van der Waals surface area contributed by atoms with E-state index < -0.39 is 0 Å². The van der Waals surface area contributed by atoms with Gasteiger partial charge >= 0.3 is 0 Å². The van der Waals surface area contributed by atoms with Gasteiger partial charge in [0, 0.05) is 29.3 Å². The molecule has 1 aromatic carbocycles. The van der Waals surface area contributed by atoms with Crippen LogP contribution in [-0.2, 0) is 6.42 Å². The topological polar surface area (TPSA) is 15.3 Å². The fourth-order valence-corrected chi connectivity index (χ4v) is 4.78. The predicted molar refractivity (Wildman–Crippen MR) is 87.5 cm³/mol. The van der Waals surface area contributed by atoms with Gasteiger partial charge in [0.2, 0.25) is 0 Å². The zero-order chi connectivity index (χ0) is 13.8. The Labute approximate surface area is 127 Å². The summed E-state index contributed by atoms with van der Waals surface area (Å²) in [4.78, 5) is 4.24. The van der Waals surface area contributed by atoms with Gasteiger partial charge in [-0.05, 0) is 50.4 Å². The molecule has 2 heterocycles. The Balaban J connectivity index is 1.51. The standard InChI is InChI=1S/C17H26N2S/c1-2-9-18-12-15-7-5-10-19(15)13-16-11-14-6-3-4-8-17(14)20-16/h3-4,6,8,15-16,18H,2,5,7,9-13H2,1H3. The van der Waals surface area contributed by atoms with Gasteiger partial charge in [0.1, 0.15) is 0 Å². The molecule has 0 aliphatic carbocycles. The van der Waals surface area contributed by atoms with Crippen molar-refractivity contribution in [3.63, 3.8) is 0 Å². The average Bonchev–Trinajstić information content (AvgIpc) is 3.06. The Morgan fingerprint density at radius 3 is 3.10 bits per heavy atom. The largest absolute Gasteiger partial charge is 0.315 e. The molecule has 0 aromatic heterocycles. The lowest BCUT2D eigenvalue weighted by Crippen LogP contribution is -2.41. The monoisotopic (exact) mass is 290 g/mol. The minimum atomic E-state index is 0.763.